The average molecular weight is 319 g/mol. The SMILES string of the molecule is COc1cc2c(cc1O)[C@@H]1[C@H](O)[C@@H](OC)C=C3CC[N@@+]([O-])(C2)[C@H]31. The predicted molar refractivity (Wildman–Crippen MR) is 82.9 cm³/mol. The number of aliphatic hydroxyl groups is 1. The van der Waals surface area contributed by atoms with E-state index in [1.54, 1.807) is 19.2 Å². The fourth-order valence-corrected chi connectivity index (χ4v) is 4.58. The molecule has 2 N–H and O–H groups in total. The Morgan fingerprint density at radius 1 is 1.30 bits per heavy atom. The number of aliphatic hydroxyl groups excluding tert-OH is 1. The Balaban J connectivity index is 1.91. The minimum Gasteiger partial charge on any atom is -0.632 e. The maximum Gasteiger partial charge on any atom is 0.160 e. The highest BCUT2D eigenvalue weighted by Gasteiger charge is 2.55. The Morgan fingerprint density at radius 2 is 2.09 bits per heavy atom. The van der Waals surface area contributed by atoms with Crippen LogP contribution in [0.3, 0.4) is 0 Å². The van der Waals surface area contributed by atoms with E-state index in [0.29, 0.717) is 18.8 Å². The number of benzene rings is 1. The Bertz CT molecular complexity index is 688. The molecule has 2 heterocycles. The van der Waals surface area contributed by atoms with Crippen LogP contribution in [-0.4, -0.2) is 53.9 Å². The van der Waals surface area contributed by atoms with E-state index in [1.165, 1.54) is 7.11 Å². The van der Waals surface area contributed by atoms with E-state index >= 15 is 0 Å². The van der Waals surface area contributed by atoms with E-state index < -0.39 is 12.2 Å². The van der Waals surface area contributed by atoms with Crippen molar-refractivity contribution in [3.8, 4) is 11.5 Å². The van der Waals surface area contributed by atoms with Crippen molar-refractivity contribution in [1.82, 2.24) is 0 Å². The molecule has 2 aliphatic heterocycles. The number of quaternary nitrogens is 1. The topological polar surface area (TPSA) is 82.0 Å². The molecule has 0 aromatic heterocycles. The van der Waals surface area contributed by atoms with Crippen LogP contribution < -0.4 is 4.74 Å². The third kappa shape index (κ3) is 1.96. The molecule has 5 atom stereocenters. The van der Waals surface area contributed by atoms with Gasteiger partial charge in [-0.25, -0.2) is 0 Å². The molecule has 6 heteroatoms. The summed E-state index contributed by atoms with van der Waals surface area (Å²) in [6, 6.07) is 3.08. The molecule has 0 saturated carbocycles. The molecule has 3 aliphatic rings. The largest absolute Gasteiger partial charge is 0.632 e. The van der Waals surface area contributed by atoms with Crippen molar-refractivity contribution in [3.05, 3.63) is 40.1 Å². The van der Waals surface area contributed by atoms with Gasteiger partial charge in [-0.05, 0) is 29.3 Å². The van der Waals surface area contributed by atoms with Crippen LogP contribution in [0.5, 0.6) is 11.5 Å². The summed E-state index contributed by atoms with van der Waals surface area (Å²) in [7, 11) is 3.05. The lowest BCUT2D eigenvalue weighted by atomic mass is 9.73. The van der Waals surface area contributed by atoms with Crippen LogP contribution in [0.1, 0.15) is 23.5 Å². The third-order valence-corrected chi connectivity index (χ3v) is 5.60. The van der Waals surface area contributed by atoms with Crippen molar-refractivity contribution >= 4 is 0 Å². The minimum atomic E-state index is -0.801. The summed E-state index contributed by atoms with van der Waals surface area (Å²) < 4.78 is 10.2. The fraction of sp³-hybridized carbons (Fsp3) is 0.529. The van der Waals surface area contributed by atoms with Gasteiger partial charge in [0, 0.05) is 19.1 Å². The number of hydrogen-bond donors (Lipinski definition) is 2. The molecule has 1 aromatic rings. The number of rotatable bonds is 2. The molecule has 0 spiro atoms. The van der Waals surface area contributed by atoms with Gasteiger partial charge in [0.15, 0.2) is 11.5 Å². The van der Waals surface area contributed by atoms with Crippen molar-refractivity contribution in [2.24, 2.45) is 0 Å². The molecule has 1 aliphatic carbocycles. The molecule has 4 rings (SSSR count). The smallest absolute Gasteiger partial charge is 0.160 e. The predicted octanol–water partition coefficient (Wildman–Crippen LogP) is 1.40. The third-order valence-electron chi connectivity index (χ3n) is 5.60. The second kappa shape index (κ2) is 4.95. The zero-order valence-electron chi connectivity index (χ0n) is 13.2. The number of aromatic hydroxyl groups is 1. The van der Waals surface area contributed by atoms with E-state index in [4.69, 9.17) is 9.47 Å². The van der Waals surface area contributed by atoms with Gasteiger partial charge in [-0.15, -0.1) is 0 Å². The molecule has 23 heavy (non-hydrogen) atoms. The summed E-state index contributed by atoms with van der Waals surface area (Å²) in [5, 5.41) is 34.2. The number of phenols is 1. The lowest BCUT2D eigenvalue weighted by molar-refractivity contribution is -0.907. The molecule has 0 radical (unpaired) electrons. The number of hydroxylamine groups is 3. The molecule has 1 aromatic carbocycles. The summed E-state index contributed by atoms with van der Waals surface area (Å²) >= 11 is 0. The second-order valence-electron chi connectivity index (χ2n) is 6.71. The first-order valence-electron chi connectivity index (χ1n) is 7.87. The van der Waals surface area contributed by atoms with E-state index in [1.807, 2.05) is 6.08 Å². The van der Waals surface area contributed by atoms with Gasteiger partial charge in [0.25, 0.3) is 0 Å². The number of hydrogen-bond acceptors (Lipinski definition) is 5. The van der Waals surface area contributed by atoms with Crippen LogP contribution in [0, 0.1) is 5.21 Å². The van der Waals surface area contributed by atoms with Gasteiger partial charge < -0.3 is 29.5 Å². The van der Waals surface area contributed by atoms with Crippen LogP contribution in [-0.2, 0) is 11.3 Å². The number of fused-ring (bicyclic) bond motifs is 2. The van der Waals surface area contributed by atoms with Gasteiger partial charge in [-0.3, -0.25) is 0 Å². The maximum atomic E-state index is 13.3. The van der Waals surface area contributed by atoms with Crippen molar-refractivity contribution in [3.63, 3.8) is 0 Å². The zero-order valence-corrected chi connectivity index (χ0v) is 13.2. The molecule has 0 bridgehead atoms. The highest BCUT2D eigenvalue weighted by molar-refractivity contribution is 5.50. The highest BCUT2D eigenvalue weighted by Crippen LogP contribution is 2.52. The van der Waals surface area contributed by atoms with Crippen LogP contribution in [0.15, 0.2) is 23.8 Å². The van der Waals surface area contributed by atoms with Crippen molar-refractivity contribution in [2.45, 2.75) is 37.1 Å². The lowest BCUT2D eigenvalue weighted by Crippen LogP contribution is -2.57. The summed E-state index contributed by atoms with van der Waals surface area (Å²) in [6.07, 6.45) is 1.42. The molecule has 0 amide bonds. The number of nitrogens with zero attached hydrogens (tertiary/aromatic N) is 1. The number of methoxy groups -OCH3 is 2. The molecule has 0 unspecified atom stereocenters. The first kappa shape index (κ1) is 15.0. The lowest BCUT2D eigenvalue weighted by Gasteiger charge is -2.53. The highest BCUT2D eigenvalue weighted by atomic mass is 16.6. The average Bonchev–Trinajstić information content (AvgIpc) is 2.86. The standard InChI is InChI=1S/C17H21NO5/c1-22-13-6-10-8-18(21)4-3-9-5-14(23-2)17(20)15(16(9)18)11(10)7-12(13)19/h5-7,14-17,19-20H,3-4,8H2,1-2H3/t14-,15-,16+,17+,18+/m0/s1. The maximum absolute atomic E-state index is 13.3. The summed E-state index contributed by atoms with van der Waals surface area (Å²) in [5.74, 6) is 0.0327. The zero-order chi connectivity index (χ0) is 16.4. The van der Waals surface area contributed by atoms with E-state index in [0.717, 1.165) is 23.1 Å². The normalized spacial score (nSPS) is 37.8. The molecular formula is C17H21NO5. The summed E-state index contributed by atoms with van der Waals surface area (Å²) in [6.45, 7) is 0.855. The van der Waals surface area contributed by atoms with Crippen LogP contribution in [0.4, 0.5) is 0 Å². The number of phenolic OH excluding ortho intramolecular Hbond substituents is 1. The molecule has 1 fully saturated rings. The fourth-order valence-electron chi connectivity index (χ4n) is 4.58. The monoisotopic (exact) mass is 319 g/mol. The van der Waals surface area contributed by atoms with Crippen molar-refractivity contribution in [1.29, 1.82) is 0 Å². The Morgan fingerprint density at radius 3 is 2.78 bits per heavy atom. The van der Waals surface area contributed by atoms with E-state index in [-0.39, 0.29) is 22.4 Å². The molecule has 1 saturated heterocycles. The van der Waals surface area contributed by atoms with E-state index in [9.17, 15) is 15.4 Å². The van der Waals surface area contributed by atoms with Crippen LogP contribution >= 0.6 is 0 Å². The first-order valence-corrected chi connectivity index (χ1v) is 7.87. The van der Waals surface area contributed by atoms with Gasteiger partial charge >= 0.3 is 0 Å². The van der Waals surface area contributed by atoms with Gasteiger partial charge in [0.1, 0.15) is 18.7 Å². The van der Waals surface area contributed by atoms with Crippen molar-refractivity contribution in [2.75, 3.05) is 20.8 Å². The van der Waals surface area contributed by atoms with Gasteiger partial charge in [-0.2, -0.15) is 0 Å². The van der Waals surface area contributed by atoms with Gasteiger partial charge in [0.05, 0.1) is 25.7 Å². The van der Waals surface area contributed by atoms with Gasteiger partial charge in [-0.1, -0.05) is 0 Å². The summed E-state index contributed by atoms with van der Waals surface area (Å²) in [4.78, 5) is 0. The Hall–Kier alpha value is -1.60. The molecule has 124 valence electrons. The van der Waals surface area contributed by atoms with Gasteiger partial charge in [0.2, 0.25) is 0 Å². The summed E-state index contributed by atoms with van der Waals surface area (Å²) in [5.41, 5.74) is 2.75. The quantitative estimate of drug-likeness (QED) is 0.489. The molecular weight excluding hydrogens is 298 g/mol. The minimum absolute atomic E-state index is 0.0346. The number of ether oxygens (including phenoxy) is 2. The Kier molecular flexibility index (Phi) is 3.22. The van der Waals surface area contributed by atoms with Crippen LogP contribution in [0.2, 0.25) is 0 Å². The van der Waals surface area contributed by atoms with E-state index in [2.05, 4.69) is 0 Å². The second-order valence-corrected chi connectivity index (χ2v) is 6.71. The van der Waals surface area contributed by atoms with Crippen molar-refractivity contribution < 1.29 is 24.3 Å². The Labute approximate surface area is 134 Å². The van der Waals surface area contributed by atoms with Crippen LogP contribution in [0.25, 0.3) is 0 Å². The first-order chi connectivity index (χ1) is 11.0. The molecule has 6 nitrogen and oxygen atoms in total.